The first kappa shape index (κ1) is 14.7. The van der Waals surface area contributed by atoms with Gasteiger partial charge in [-0.1, -0.05) is 18.2 Å². The van der Waals surface area contributed by atoms with E-state index in [-0.39, 0.29) is 11.4 Å². The number of hydrogen-bond donors (Lipinski definition) is 2. The Bertz CT molecular complexity index is 896. The molecule has 0 saturated carbocycles. The van der Waals surface area contributed by atoms with Gasteiger partial charge >= 0.3 is 0 Å². The zero-order valence-electron chi connectivity index (χ0n) is 12.4. The molecule has 0 bridgehead atoms. The zero-order valence-corrected chi connectivity index (χ0v) is 13.2. The van der Waals surface area contributed by atoms with Crippen molar-refractivity contribution in [1.29, 1.82) is 0 Å². The summed E-state index contributed by atoms with van der Waals surface area (Å²) in [4.78, 5) is 7.73. The van der Waals surface area contributed by atoms with Crippen molar-refractivity contribution in [3.8, 4) is 0 Å². The highest BCUT2D eigenvalue weighted by molar-refractivity contribution is 7.89. The lowest BCUT2D eigenvalue weighted by Crippen LogP contribution is -2.24. The molecule has 0 aliphatic carbocycles. The fourth-order valence-electron chi connectivity index (χ4n) is 2.22. The smallest absolute Gasteiger partial charge is 0.240 e. The highest BCUT2D eigenvalue weighted by Gasteiger charge is 2.15. The summed E-state index contributed by atoms with van der Waals surface area (Å²) in [7, 11) is -3.55. The van der Waals surface area contributed by atoms with Gasteiger partial charge in [0, 0.05) is 0 Å². The molecule has 2 aromatic carbocycles. The maximum Gasteiger partial charge on any atom is 0.240 e. The van der Waals surface area contributed by atoms with Gasteiger partial charge < -0.3 is 4.98 Å². The third kappa shape index (κ3) is 2.88. The Morgan fingerprint density at radius 2 is 1.86 bits per heavy atom. The number of aryl methyl sites for hydroxylation is 2. The van der Waals surface area contributed by atoms with Crippen molar-refractivity contribution in [2.45, 2.75) is 25.3 Å². The zero-order chi connectivity index (χ0) is 15.7. The van der Waals surface area contributed by atoms with Gasteiger partial charge in [-0.15, -0.1) is 0 Å². The maximum absolute atomic E-state index is 12.3. The second-order valence-electron chi connectivity index (χ2n) is 5.27. The van der Waals surface area contributed by atoms with E-state index in [4.69, 9.17) is 0 Å². The molecule has 0 fully saturated rings. The van der Waals surface area contributed by atoms with E-state index in [1.54, 1.807) is 12.1 Å². The number of fused-ring (bicyclic) bond motifs is 1. The molecule has 0 spiro atoms. The molecular weight excluding hydrogens is 298 g/mol. The molecule has 0 radical (unpaired) electrons. The Morgan fingerprint density at radius 3 is 2.59 bits per heavy atom. The quantitative estimate of drug-likeness (QED) is 0.777. The van der Waals surface area contributed by atoms with Gasteiger partial charge in [0.05, 0.1) is 22.5 Å². The van der Waals surface area contributed by atoms with Crippen LogP contribution in [0.1, 0.15) is 17.0 Å². The number of para-hydroxylation sites is 2. The average molecular weight is 315 g/mol. The standard InChI is InChI=1S/C16H17N3O2S/c1-11-7-8-13(9-12(11)2)22(20,21)17-10-16-18-14-5-3-4-6-15(14)19-16/h3-9,17H,10H2,1-2H3,(H,18,19). The highest BCUT2D eigenvalue weighted by Crippen LogP contribution is 2.15. The predicted molar refractivity (Wildman–Crippen MR) is 86.0 cm³/mol. The highest BCUT2D eigenvalue weighted by atomic mass is 32.2. The number of aromatic amines is 1. The monoisotopic (exact) mass is 315 g/mol. The van der Waals surface area contributed by atoms with Crippen LogP contribution >= 0.6 is 0 Å². The Kier molecular flexibility index (Phi) is 3.72. The van der Waals surface area contributed by atoms with Crippen LogP contribution in [-0.4, -0.2) is 18.4 Å². The number of imidazole rings is 1. The minimum Gasteiger partial charge on any atom is -0.341 e. The van der Waals surface area contributed by atoms with Crippen LogP contribution in [0.15, 0.2) is 47.4 Å². The van der Waals surface area contributed by atoms with Gasteiger partial charge in [-0.3, -0.25) is 0 Å². The molecule has 0 aliphatic rings. The van der Waals surface area contributed by atoms with E-state index in [1.807, 2.05) is 44.2 Å². The molecule has 6 heteroatoms. The number of rotatable bonds is 4. The molecule has 22 heavy (non-hydrogen) atoms. The summed E-state index contributed by atoms with van der Waals surface area (Å²) >= 11 is 0. The maximum atomic E-state index is 12.3. The van der Waals surface area contributed by atoms with Crippen LogP contribution in [0.25, 0.3) is 11.0 Å². The van der Waals surface area contributed by atoms with Crippen molar-refractivity contribution in [2.24, 2.45) is 0 Å². The SMILES string of the molecule is Cc1ccc(S(=O)(=O)NCc2nc3ccccc3[nH]2)cc1C. The van der Waals surface area contributed by atoms with Gasteiger partial charge in [-0.05, 0) is 49.2 Å². The second-order valence-corrected chi connectivity index (χ2v) is 7.04. The molecule has 1 aromatic heterocycles. The van der Waals surface area contributed by atoms with Gasteiger partial charge in [0.15, 0.2) is 0 Å². The minimum absolute atomic E-state index is 0.129. The molecule has 0 amide bonds. The molecule has 2 N–H and O–H groups in total. The minimum atomic E-state index is -3.55. The van der Waals surface area contributed by atoms with Crippen LogP contribution in [0.3, 0.4) is 0 Å². The summed E-state index contributed by atoms with van der Waals surface area (Å²) < 4.78 is 27.2. The number of aromatic nitrogens is 2. The van der Waals surface area contributed by atoms with Gasteiger partial charge in [-0.25, -0.2) is 18.1 Å². The van der Waals surface area contributed by atoms with Crippen LogP contribution in [-0.2, 0) is 16.6 Å². The Labute approximate surface area is 129 Å². The Morgan fingerprint density at radius 1 is 1.09 bits per heavy atom. The lowest BCUT2D eigenvalue weighted by Gasteiger charge is -2.07. The first-order valence-electron chi connectivity index (χ1n) is 6.96. The van der Waals surface area contributed by atoms with Crippen LogP contribution in [0.4, 0.5) is 0 Å². The summed E-state index contributed by atoms with van der Waals surface area (Å²) in [6.45, 7) is 3.98. The van der Waals surface area contributed by atoms with Crippen molar-refractivity contribution >= 4 is 21.1 Å². The third-order valence-electron chi connectivity index (χ3n) is 3.66. The van der Waals surface area contributed by atoms with Crippen LogP contribution < -0.4 is 4.72 Å². The van der Waals surface area contributed by atoms with Crippen molar-refractivity contribution in [2.75, 3.05) is 0 Å². The summed E-state index contributed by atoms with van der Waals surface area (Å²) in [5.41, 5.74) is 3.73. The lowest BCUT2D eigenvalue weighted by molar-refractivity contribution is 0.579. The van der Waals surface area contributed by atoms with E-state index in [0.29, 0.717) is 5.82 Å². The van der Waals surface area contributed by atoms with Gasteiger partial charge in [0.25, 0.3) is 0 Å². The number of sulfonamides is 1. The summed E-state index contributed by atoms with van der Waals surface area (Å²) in [5, 5.41) is 0. The second kappa shape index (κ2) is 5.55. The molecular formula is C16H17N3O2S. The molecule has 5 nitrogen and oxygen atoms in total. The number of H-pyrrole nitrogens is 1. The number of hydrogen-bond acceptors (Lipinski definition) is 3. The largest absolute Gasteiger partial charge is 0.341 e. The van der Waals surface area contributed by atoms with Gasteiger partial charge in [-0.2, -0.15) is 0 Å². The number of nitrogens with one attached hydrogen (secondary N) is 2. The van der Waals surface area contributed by atoms with Crippen molar-refractivity contribution in [3.63, 3.8) is 0 Å². The van der Waals surface area contributed by atoms with E-state index >= 15 is 0 Å². The molecule has 0 saturated heterocycles. The predicted octanol–water partition coefficient (Wildman–Crippen LogP) is 2.66. The van der Waals surface area contributed by atoms with E-state index in [9.17, 15) is 8.42 Å². The molecule has 0 atom stereocenters. The van der Waals surface area contributed by atoms with E-state index < -0.39 is 10.0 Å². The molecule has 3 rings (SSSR count). The van der Waals surface area contributed by atoms with Crippen LogP contribution in [0.5, 0.6) is 0 Å². The lowest BCUT2D eigenvalue weighted by atomic mass is 10.1. The Balaban J connectivity index is 1.80. The topological polar surface area (TPSA) is 74.8 Å². The van der Waals surface area contributed by atoms with E-state index in [2.05, 4.69) is 14.7 Å². The third-order valence-corrected chi connectivity index (χ3v) is 5.06. The molecule has 1 heterocycles. The fraction of sp³-hybridized carbons (Fsp3) is 0.188. The van der Waals surface area contributed by atoms with Gasteiger partial charge in [0.2, 0.25) is 10.0 Å². The van der Waals surface area contributed by atoms with Crippen molar-refractivity contribution < 1.29 is 8.42 Å². The fourth-order valence-corrected chi connectivity index (χ4v) is 3.29. The summed E-state index contributed by atoms with van der Waals surface area (Å²) in [5.74, 6) is 0.591. The van der Waals surface area contributed by atoms with Crippen molar-refractivity contribution in [1.82, 2.24) is 14.7 Å². The molecule has 3 aromatic rings. The number of benzene rings is 2. The first-order valence-corrected chi connectivity index (χ1v) is 8.44. The average Bonchev–Trinajstić information content (AvgIpc) is 2.91. The Hall–Kier alpha value is -2.18. The van der Waals surface area contributed by atoms with E-state index in [1.165, 1.54) is 0 Å². The number of nitrogens with zero attached hydrogens (tertiary/aromatic N) is 1. The van der Waals surface area contributed by atoms with Crippen molar-refractivity contribution in [3.05, 3.63) is 59.4 Å². The molecule has 114 valence electrons. The molecule has 0 unspecified atom stereocenters. The van der Waals surface area contributed by atoms with E-state index in [0.717, 1.165) is 22.2 Å². The first-order chi connectivity index (χ1) is 10.5. The summed E-state index contributed by atoms with van der Waals surface area (Å²) in [6, 6.07) is 12.7. The van der Waals surface area contributed by atoms with Crippen LogP contribution in [0.2, 0.25) is 0 Å². The summed E-state index contributed by atoms with van der Waals surface area (Å²) in [6.07, 6.45) is 0. The molecule has 0 aliphatic heterocycles. The normalized spacial score (nSPS) is 11.9. The van der Waals surface area contributed by atoms with Gasteiger partial charge in [0.1, 0.15) is 5.82 Å². The van der Waals surface area contributed by atoms with Crippen LogP contribution in [0, 0.1) is 13.8 Å².